The van der Waals surface area contributed by atoms with E-state index in [1.807, 2.05) is 0 Å². The van der Waals surface area contributed by atoms with E-state index >= 15 is 0 Å². The summed E-state index contributed by atoms with van der Waals surface area (Å²) in [7, 11) is 0. The second-order valence-corrected chi connectivity index (χ2v) is 4.88. The van der Waals surface area contributed by atoms with E-state index in [1.54, 1.807) is 27.7 Å². The Labute approximate surface area is 101 Å². The van der Waals surface area contributed by atoms with Crippen LogP contribution in [-0.2, 0) is 14.4 Å². The molecule has 0 aliphatic heterocycles. The smallest absolute Gasteiger partial charge is 0.305 e. The lowest BCUT2D eigenvalue weighted by Gasteiger charge is -2.21. The van der Waals surface area contributed by atoms with Crippen LogP contribution in [0.15, 0.2) is 0 Å². The average molecular weight is 244 g/mol. The number of carboxylic acids is 1. The van der Waals surface area contributed by atoms with Gasteiger partial charge in [0.05, 0.1) is 6.42 Å². The van der Waals surface area contributed by atoms with Gasteiger partial charge in [0, 0.05) is 12.0 Å². The molecular formula is C11H20N2O4. The van der Waals surface area contributed by atoms with Crippen LogP contribution in [0, 0.1) is 5.41 Å². The van der Waals surface area contributed by atoms with Crippen molar-refractivity contribution in [2.45, 2.75) is 40.2 Å². The molecular weight excluding hydrogens is 224 g/mol. The molecule has 0 radical (unpaired) electrons. The fourth-order valence-corrected chi connectivity index (χ4v) is 0.924. The van der Waals surface area contributed by atoms with Gasteiger partial charge in [-0.25, -0.2) is 0 Å². The fraction of sp³-hybridized carbons (Fsp3) is 0.727. The summed E-state index contributed by atoms with van der Waals surface area (Å²) in [5, 5.41) is 13.4. The number of aliphatic carboxylic acids is 1. The van der Waals surface area contributed by atoms with Crippen molar-refractivity contribution in [1.29, 1.82) is 0 Å². The number of rotatable bonds is 5. The van der Waals surface area contributed by atoms with Crippen molar-refractivity contribution in [1.82, 2.24) is 10.6 Å². The maximum atomic E-state index is 11.6. The SMILES string of the molecule is CC(NC(=O)C(C)(C)C)C(=O)NCCC(=O)O. The minimum atomic E-state index is -0.975. The van der Waals surface area contributed by atoms with Crippen molar-refractivity contribution >= 4 is 17.8 Å². The monoisotopic (exact) mass is 244 g/mol. The molecule has 3 N–H and O–H groups in total. The first-order chi connectivity index (χ1) is 7.64. The molecule has 98 valence electrons. The molecule has 0 aromatic carbocycles. The number of amides is 2. The topological polar surface area (TPSA) is 95.5 Å². The Balaban J connectivity index is 4.06. The van der Waals surface area contributed by atoms with Gasteiger partial charge in [0.15, 0.2) is 0 Å². The number of carbonyl (C=O) groups is 3. The highest BCUT2D eigenvalue weighted by Crippen LogP contribution is 2.12. The van der Waals surface area contributed by atoms with E-state index in [0.29, 0.717) is 0 Å². The van der Waals surface area contributed by atoms with E-state index in [9.17, 15) is 14.4 Å². The van der Waals surface area contributed by atoms with Gasteiger partial charge in [-0.1, -0.05) is 20.8 Å². The van der Waals surface area contributed by atoms with E-state index in [0.717, 1.165) is 0 Å². The van der Waals surface area contributed by atoms with Gasteiger partial charge >= 0.3 is 5.97 Å². The summed E-state index contributed by atoms with van der Waals surface area (Å²) in [4.78, 5) is 33.3. The molecule has 1 unspecified atom stereocenters. The Morgan fingerprint density at radius 3 is 2.18 bits per heavy atom. The van der Waals surface area contributed by atoms with Crippen LogP contribution < -0.4 is 10.6 Å². The van der Waals surface area contributed by atoms with Gasteiger partial charge in [0.25, 0.3) is 0 Å². The number of hydrogen-bond donors (Lipinski definition) is 3. The minimum absolute atomic E-state index is 0.0594. The highest BCUT2D eigenvalue weighted by Gasteiger charge is 2.24. The molecule has 2 amide bonds. The normalized spacial score (nSPS) is 12.7. The Morgan fingerprint density at radius 2 is 1.76 bits per heavy atom. The molecule has 0 heterocycles. The first kappa shape index (κ1) is 15.4. The zero-order valence-electron chi connectivity index (χ0n) is 10.7. The van der Waals surface area contributed by atoms with Crippen molar-refractivity contribution in [2.24, 2.45) is 5.41 Å². The van der Waals surface area contributed by atoms with Crippen molar-refractivity contribution in [3.05, 3.63) is 0 Å². The van der Waals surface area contributed by atoms with Crippen molar-refractivity contribution in [2.75, 3.05) is 6.54 Å². The van der Waals surface area contributed by atoms with Crippen LogP contribution in [0.3, 0.4) is 0 Å². The predicted octanol–water partition coefficient (Wildman–Crippen LogP) is 0.128. The second-order valence-electron chi connectivity index (χ2n) is 4.88. The summed E-state index contributed by atoms with van der Waals surface area (Å²) in [6.07, 6.45) is -0.133. The Bertz CT molecular complexity index is 307. The maximum absolute atomic E-state index is 11.6. The lowest BCUT2D eigenvalue weighted by atomic mass is 9.95. The summed E-state index contributed by atoms with van der Waals surface area (Å²) < 4.78 is 0. The van der Waals surface area contributed by atoms with Crippen LogP contribution in [-0.4, -0.2) is 35.5 Å². The zero-order chi connectivity index (χ0) is 13.6. The molecule has 0 saturated carbocycles. The van der Waals surface area contributed by atoms with Crippen LogP contribution in [0.25, 0.3) is 0 Å². The van der Waals surface area contributed by atoms with Gasteiger partial charge in [-0.05, 0) is 6.92 Å². The molecule has 0 aliphatic carbocycles. The number of carboxylic acid groups (broad SMARTS) is 1. The van der Waals surface area contributed by atoms with Crippen LogP contribution in [0.4, 0.5) is 0 Å². The summed E-state index contributed by atoms with van der Waals surface area (Å²) in [5.41, 5.74) is -0.560. The average Bonchev–Trinajstić information content (AvgIpc) is 2.15. The molecule has 1 atom stereocenters. The number of carbonyl (C=O) groups excluding carboxylic acids is 2. The van der Waals surface area contributed by atoms with Crippen molar-refractivity contribution in [3.8, 4) is 0 Å². The molecule has 0 fully saturated rings. The highest BCUT2D eigenvalue weighted by atomic mass is 16.4. The van der Waals surface area contributed by atoms with Crippen LogP contribution in [0.2, 0.25) is 0 Å². The van der Waals surface area contributed by atoms with Crippen LogP contribution in [0.1, 0.15) is 34.1 Å². The largest absolute Gasteiger partial charge is 0.481 e. The van der Waals surface area contributed by atoms with Crippen LogP contribution >= 0.6 is 0 Å². The maximum Gasteiger partial charge on any atom is 0.305 e. The van der Waals surface area contributed by atoms with Crippen molar-refractivity contribution in [3.63, 3.8) is 0 Å². The summed E-state index contributed by atoms with van der Waals surface area (Å²) in [6, 6.07) is -0.671. The molecule has 6 heteroatoms. The molecule has 6 nitrogen and oxygen atoms in total. The van der Waals surface area contributed by atoms with E-state index in [-0.39, 0.29) is 24.8 Å². The first-order valence-electron chi connectivity index (χ1n) is 5.45. The standard InChI is InChI=1S/C11H20N2O4/c1-7(13-10(17)11(2,3)4)9(16)12-6-5-8(14)15/h7H,5-6H2,1-4H3,(H,12,16)(H,13,17)(H,14,15). The van der Waals surface area contributed by atoms with Gasteiger partial charge in [-0.3, -0.25) is 14.4 Å². The van der Waals surface area contributed by atoms with Gasteiger partial charge in [0.2, 0.25) is 11.8 Å². The molecule has 0 aliphatic rings. The first-order valence-corrected chi connectivity index (χ1v) is 5.45. The highest BCUT2D eigenvalue weighted by molar-refractivity contribution is 5.89. The van der Waals surface area contributed by atoms with Gasteiger partial charge in [0.1, 0.15) is 6.04 Å². The summed E-state index contributed by atoms with van der Waals surface area (Å²) in [6.45, 7) is 6.86. The lowest BCUT2D eigenvalue weighted by molar-refractivity contribution is -0.137. The third-order valence-corrected chi connectivity index (χ3v) is 2.06. The Morgan fingerprint density at radius 1 is 1.24 bits per heavy atom. The quantitative estimate of drug-likeness (QED) is 0.640. The molecule has 0 spiro atoms. The van der Waals surface area contributed by atoms with Gasteiger partial charge < -0.3 is 15.7 Å². The third-order valence-electron chi connectivity index (χ3n) is 2.06. The summed E-state index contributed by atoms with van der Waals surface area (Å²) >= 11 is 0. The molecule has 0 bridgehead atoms. The molecule has 0 aromatic heterocycles. The van der Waals surface area contributed by atoms with Crippen molar-refractivity contribution < 1.29 is 19.5 Å². The summed E-state index contributed by atoms with van der Waals surface area (Å²) in [5.74, 6) is -1.58. The molecule has 0 saturated heterocycles. The van der Waals surface area contributed by atoms with E-state index < -0.39 is 17.4 Å². The van der Waals surface area contributed by atoms with Crippen LogP contribution in [0.5, 0.6) is 0 Å². The molecule has 0 rings (SSSR count). The molecule has 0 aromatic rings. The fourth-order valence-electron chi connectivity index (χ4n) is 0.924. The second kappa shape index (κ2) is 6.22. The van der Waals surface area contributed by atoms with Gasteiger partial charge in [-0.15, -0.1) is 0 Å². The Kier molecular flexibility index (Phi) is 5.64. The third kappa shape index (κ3) is 6.55. The van der Waals surface area contributed by atoms with E-state index in [4.69, 9.17) is 5.11 Å². The van der Waals surface area contributed by atoms with Gasteiger partial charge in [-0.2, -0.15) is 0 Å². The zero-order valence-corrected chi connectivity index (χ0v) is 10.7. The predicted molar refractivity (Wildman–Crippen MR) is 62.3 cm³/mol. The number of hydrogen-bond acceptors (Lipinski definition) is 3. The minimum Gasteiger partial charge on any atom is -0.481 e. The number of nitrogens with one attached hydrogen (secondary N) is 2. The molecule has 17 heavy (non-hydrogen) atoms. The lowest BCUT2D eigenvalue weighted by Crippen LogP contribution is -2.48. The van der Waals surface area contributed by atoms with E-state index in [1.165, 1.54) is 0 Å². The van der Waals surface area contributed by atoms with E-state index in [2.05, 4.69) is 10.6 Å². The Hall–Kier alpha value is -1.59.